The third-order valence-electron chi connectivity index (χ3n) is 3.57. The fraction of sp³-hybridized carbons (Fsp3) is 0.429. The fourth-order valence-corrected chi connectivity index (χ4v) is 2.26. The summed E-state index contributed by atoms with van der Waals surface area (Å²) in [5.41, 5.74) is 7.68. The van der Waals surface area contributed by atoms with Crippen molar-refractivity contribution in [2.75, 3.05) is 19.4 Å². The molecule has 1 aliphatic rings. The lowest BCUT2D eigenvalue weighted by Gasteiger charge is -2.08. The molecule has 3 N–H and O–H groups in total. The second-order valence-corrected chi connectivity index (χ2v) is 5.04. The van der Waals surface area contributed by atoms with Crippen LogP contribution in [0.5, 0.6) is 5.75 Å². The van der Waals surface area contributed by atoms with Crippen molar-refractivity contribution in [1.29, 1.82) is 0 Å². The number of imidazole rings is 1. The van der Waals surface area contributed by atoms with Crippen molar-refractivity contribution < 1.29 is 9.53 Å². The second kappa shape index (κ2) is 5.03. The summed E-state index contributed by atoms with van der Waals surface area (Å²) in [6, 6.07) is 5.64. The Morgan fingerprint density at radius 1 is 1.55 bits per heavy atom. The van der Waals surface area contributed by atoms with Gasteiger partial charge in [0.25, 0.3) is 0 Å². The maximum absolute atomic E-state index is 11.6. The molecule has 0 radical (unpaired) electrons. The molecule has 3 rings (SSSR count). The highest BCUT2D eigenvalue weighted by Gasteiger charge is 2.29. The number of rotatable bonds is 5. The van der Waals surface area contributed by atoms with E-state index in [1.807, 2.05) is 22.8 Å². The summed E-state index contributed by atoms with van der Waals surface area (Å²) in [6.45, 7) is 1.16. The largest absolute Gasteiger partial charge is 0.497 e. The van der Waals surface area contributed by atoms with Crippen molar-refractivity contribution in [2.45, 2.75) is 19.4 Å². The van der Waals surface area contributed by atoms with E-state index in [1.165, 1.54) is 0 Å². The van der Waals surface area contributed by atoms with E-state index in [2.05, 4.69) is 10.3 Å². The molecule has 1 amide bonds. The van der Waals surface area contributed by atoms with E-state index in [9.17, 15) is 4.79 Å². The van der Waals surface area contributed by atoms with E-state index in [0.717, 1.165) is 29.6 Å². The third-order valence-corrected chi connectivity index (χ3v) is 3.57. The first-order chi connectivity index (χ1) is 9.69. The van der Waals surface area contributed by atoms with Gasteiger partial charge in [0.05, 0.1) is 18.1 Å². The number of carbonyl (C=O) groups excluding carboxylic acids is 1. The van der Waals surface area contributed by atoms with Crippen molar-refractivity contribution in [3.8, 4) is 5.75 Å². The molecule has 0 spiro atoms. The number of carbonyl (C=O) groups is 1. The van der Waals surface area contributed by atoms with Gasteiger partial charge in [0.2, 0.25) is 11.9 Å². The number of nitrogens with two attached hydrogens (primary N) is 1. The molecule has 1 saturated carbocycles. The molecule has 0 bridgehead atoms. The van der Waals surface area contributed by atoms with Crippen LogP contribution >= 0.6 is 0 Å². The maximum atomic E-state index is 11.6. The summed E-state index contributed by atoms with van der Waals surface area (Å²) >= 11 is 0. The molecular weight excluding hydrogens is 256 g/mol. The Balaban J connectivity index is 1.75. The van der Waals surface area contributed by atoms with Gasteiger partial charge in [0.1, 0.15) is 5.75 Å². The molecule has 2 aromatic rings. The number of hydrogen-bond acceptors (Lipinski definition) is 4. The summed E-state index contributed by atoms with van der Waals surface area (Å²) in [5.74, 6) is 1.59. The Morgan fingerprint density at radius 3 is 3.05 bits per heavy atom. The van der Waals surface area contributed by atoms with Crippen LogP contribution in [0.3, 0.4) is 0 Å². The standard InChI is InChI=1S/C14H18N4O2/c1-20-10-4-5-11-12(8-10)18(14(15)17-11)7-6-16-13(19)9-2-3-9/h4-5,8-9H,2-3,6-7H2,1H3,(H2,15,17)(H,16,19). The Labute approximate surface area is 116 Å². The number of methoxy groups -OCH3 is 1. The van der Waals surface area contributed by atoms with E-state index in [4.69, 9.17) is 10.5 Å². The highest BCUT2D eigenvalue weighted by Crippen LogP contribution is 2.28. The zero-order valence-electron chi connectivity index (χ0n) is 11.4. The van der Waals surface area contributed by atoms with Crippen molar-refractivity contribution in [1.82, 2.24) is 14.9 Å². The first-order valence-electron chi connectivity index (χ1n) is 6.76. The molecule has 0 atom stereocenters. The molecule has 0 aliphatic heterocycles. The highest BCUT2D eigenvalue weighted by atomic mass is 16.5. The van der Waals surface area contributed by atoms with Crippen LogP contribution in [0.15, 0.2) is 18.2 Å². The first kappa shape index (κ1) is 12.8. The number of fused-ring (bicyclic) bond motifs is 1. The van der Waals surface area contributed by atoms with Crippen LogP contribution < -0.4 is 15.8 Å². The zero-order chi connectivity index (χ0) is 14.1. The van der Waals surface area contributed by atoms with Gasteiger partial charge in [-0.3, -0.25) is 4.79 Å². The summed E-state index contributed by atoms with van der Waals surface area (Å²) < 4.78 is 7.11. The van der Waals surface area contributed by atoms with Crippen LogP contribution in [0, 0.1) is 5.92 Å². The minimum Gasteiger partial charge on any atom is -0.497 e. The molecule has 0 unspecified atom stereocenters. The number of amides is 1. The van der Waals surface area contributed by atoms with Crippen molar-refractivity contribution in [2.24, 2.45) is 5.92 Å². The van der Waals surface area contributed by atoms with Gasteiger partial charge in [-0.2, -0.15) is 0 Å². The Bertz CT molecular complexity index is 646. The van der Waals surface area contributed by atoms with E-state index >= 15 is 0 Å². The van der Waals surface area contributed by atoms with Crippen molar-refractivity contribution in [3.63, 3.8) is 0 Å². The predicted molar refractivity (Wildman–Crippen MR) is 76.4 cm³/mol. The molecule has 20 heavy (non-hydrogen) atoms. The lowest BCUT2D eigenvalue weighted by atomic mass is 10.3. The molecule has 1 aromatic heterocycles. The number of aromatic nitrogens is 2. The van der Waals surface area contributed by atoms with Crippen LogP contribution in [0.25, 0.3) is 11.0 Å². The lowest BCUT2D eigenvalue weighted by molar-refractivity contribution is -0.122. The van der Waals surface area contributed by atoms with Gasteiger partial charge in [-0.15, -0.1) is 0 Å². The molecule has 1 fully saturated rings. The molecular formula is C14H18N4O2. The van der Waals surface area contributed by atoms with E-state index in [-0.39, 0.29) is 11.8 Å². The highest BCUT2D eigenvalue weighted by molar-refractivity contribution is 5.81. The minimum atomic E-state index is 0.144. The van der Waals surface area contributed by atoms with Gasteiger partial charge in [-0.05, 0) is 25.0 Å². The molecule has 6 heteroatoms. The molecule has 6 nitrogen and oxygen atoms in total. The van der Waals surface area contributed by atoms with Gasteiger partial charge in [0, 0.05) is 25.1 Å². The van der Waals surface area contributed by atoms with Crippen LogP contribution in [0.4, 0.5) is 5.95 Å². The van der Waals surface area contributed by atoms with E-state index in [1.54, 1.807) is 7.11 Å². The van der Waals surface area contributed by atoms with E-state index in [0.29, 0.717) is 19.0 Å². The average Bonchev–Trinajstić information content (AvgIpc) is 3.24. The maximum Gasteiger partial charge on any atom is 0.223 e. The predicted octanol–water partition coefficient (Wildman–Crippen LogP) is 1.15. The normalized spacial score (nSPS) is 14.4. The second-order valence-electron chi connectivity index (χ2n) is 5.04. The smallest absolute Gasteiger partial charge is 0.223 e. The molecule has 0 saturated heterocycles. The average molecular weight is 274 g/mol. The van der Waals surface area contributed by atoms with E-state index < -0.39 is 0 Å². The lowest BCUT2D eigenvalue weighted by Crippen LogP contribution is -2.28. The third kappa shape index (κ3) is 2.41. The number of benzene rings is 1. The van der Waals surface area contributed by atoms with Gasteiger partial charge >= 0.3 is 0 Å². The molecule has 1 heterocycles. The number of nitrogens with zero attached hydrogens (tertiary/aromatic N) is 2. The monoisotopic (exact) mass is 274 g/mol. The molecule has 1 aromatic carbocycles. The summed E-state index contributed by atoms with van der Waals surface area (Å²) in [4.78, 5) is 15.9. The Hall–Kier alpha value is -2.24. The number of ether oxygens (including phenoxy) is 1. The van der Waals surface area contributed by atoms with Gasteiger partial charge in [-0.1, -0.05) is 0 Å². The topological polar surface area (TPSA) is 82.2 Å². The molecule has 1 aliphatic carbocycles. The van der Waals surface area contributed by atoms with Gasteiger partial charge in [0.15, 0.2) is 0 Å². The number of hydrogen-bond donors (Lipinski definition) is 2. The first-order valence-corrected chi connectivity index (χ1v) is 6.76. The fourth-order valence-electron chi connectivity index (χ4n) is 2.26. The van der Waals surface area contributed by atoms with Crippen LogP contribution in [0.1, 0.15) is 12.8 Å². The van der Waals surface area contributed by atoms with Crippen LogP contribution in [-0.2, 0) is 11.3 Å². The number of nitrogen functional groups attached to an aromatic ring is 1. The van der Waals surface area contributed by atoms with Crippen molar-refractivity contribution >= 4 is 22.9 Å². The number of nitrogens with one attached hydrogen (secondary N) is 1. The van der Waals surface area contributed by atoms with Gasteiger partial charge in [-0.25, -0.2) is 4.98 Å². The minimum absolute atomic E-state index is 0.144. The summed E-state index contributed by atoms with van der Waals surface area (Å²) in [6.07, 6.45) is 2.03. The van der Waals surface area contributed by atoms with Crippen LogP contribution in [0.2, 0.25) is 0 Å². The molecule has 106 valence electrons. The summed E-state index contributed by atoms with van der Waals surface area (Å²) in [5, 5.41) is 2.93. The quantitative estimate of drug-likeness (QED) is 0.857. The SMILES string of the molecule is COc1ccc2nc(N)n(CCNC(=O)C3CC3)c2c1. The van der Waals surface area contributed by atoms with Crippen LogP contribution in [-0.4, -0.2) is 29.1 Å². The number of anilines is 1. The van der Waals surface area contributed by atoms with Gasteiger partial charge < -0.3 is 20.4 Å². The van der Waals surface area contributed by atoms with Crippen molar-refractivity contribution in [3.05, 3.63) is 18.2 Å². The Morgan fingerprint density at radius 2 is 2.35 bits per heavy atom. The summed E-state index contributed by atoms with van der Waals surface area (Å²) in [7, 11) is 1.63. The zero-order valence-corrected chi connectivity index (χ0v) is 11.4. The Kier molecular flexibility index (Phi) is 3.22.